The molecule has 4 N–H and O–H groups in total. The molecule has 0 unspecified atom stereocenters. The van der Waals surface area contributed by atoms with Crippen molar-refractivity contribution in [2.45, 2.75) is 56.0 Å². The topological polar surface area (TPSA) is 148 Å². The summed E-state index contributed by atoms with van der Waals surface area (Å²) < 4.78 is 25.9. The summed E-state index contributed by atoms with van der Waals surface area (Å²) >= 11 is 0. The third-order valence-corrected chi connectivity index (χ3v) is 9.59. The molecule has 1 fully saturated rings. The first-order valence-electron chi connectivity index (χ1n) is 14.0. The number of hydrogen-bond donors (Lipinski definition) is 3. The third kappa shape index (κ3) is 7.07. The van der Waals surface area contributed by atoms with Crippen LogP contribution in [0.1, 0.15) is 55.7 Å². The summed E-state index contributed by atoms with van der Waals surface area (Å²) in [6, 6.07) is 18.8. The lowest BCUT2D eigenvalue weighted by Gasteiger charge is -2.42. The Labute approximate surface area is 247 Å². The van der Waals surface area contributed by atoms with Crippen LogP contribution in [0.5, 0.6) is 0 Å². The summed E-state index contributed by atoms with van der Waals surface area (Å²) in [7, 11) is -0.660. The average molecular weight is 590 g/mol. The Morgan fingerprint density at radius 2 is 1.76 bits per heavy atom. The van der Waals surface area contributed by atoms with E-state index in [1.54, 1.807) is 12.3 Å². The standard InChI is InChI=1S/C31H39N7O3S/c1-22(2)24-7-5-23(6-8-24)21-38-19-15-31(14-17-32,16-20-38)36-27-13-18-34-30(39)28(27)29(33)35-25-9-11-26(12-10-25)42(40,41)37(3)4/h5-13,18,22H,14-16,19-21H2,1-4H3,(H2,33,35)(H2,34,36,39). The Morgan fingerprint density at radius 1 is 1.12 bits per heavy atom. The van der Waals surface area contributed by atoms with Gasteiger partial charge in [0.2, 0.25) is 10.0 Å². The molecular formula is C31H39N7O3S. The summed E-state index contributed by atoms with van der Waals surface area (Å²) in [5.41, 5.74) is 9.06. The van der Waals surface area contributed by atoms with Gasteiger partial charge in [-0.1, -0.05) is 38.1 Å². The highest BCUT2D eigenvalue weighted by atomic mass is 32.2. The summed E-state index contributed by atoms with van der Waals surface area (Å²) in [4.78, 5) is 22.5. The van der Waals surface area contributed by atoms with Crippen LogP contribution in [-0.2, 0) is 16.6 Å². The van der Waals surface area contributed by atoms with Crippen molar-refractivity contribution in [2.24, 2.45) is 10.7 Å². The van der Waals surface area contributed by atoms with Gasteiger partial charge in [0.25, 0.3) is 5.56 Å². The molecule has 0 spiro atoms. The Bertz CT molecular complexity index is 1610. The number of sulfonamides is 1. The quantitative estimate of drug-likeness (QED) is 0.238. The molecule has 2 heterocycles. The van der Waals surface area contributed by atoms with E-state index in [2.05, 4.69) is 64.4 Å². The molecule has 1 aromatic heterocycles. The maximum absolute atomic E-state index is 12.9. The fourth-order valence-electron chi connectivity index (χ4n) is 5.12. The maximum Gasteiger partial charge on any atom is 0.261 e. The van der Waals surface area contributed by atoms with Gasteiger partial charge in [0.05, 0.1) is 34.3 Å². The first-order valence-corrected chi connectivity index (χ1v) is 15.4. The van der Waals surface area contributed by atoms with Crippen molar-refractivity contribution in [3.63, 3.8) is 0 Å². The molecule has 11 heteroatoms. The lowest BCUT2D eigenvalue weighted by atomic mass is 9.84. The largest absolute Gasteiger partial charge is 0.383 e. The molecule has 0 amide bonds. The van der Waals surface area contributed by atoms with Crippen LogP contribution in [0.2, 0.25) is 0 Å². The van der Waals surface area contributed by atoms with E-state index in [-0.39, 0.29) is 22.7 Å². The molecule has 3 aromatic rings. The van der Waals surface area contributed by atoms with Crippen LogP contribution in [0, 0.1) is 11.3 Å². The molecule has 0 bridgehead atoms. The molecule has 0 aliphatic carbocycles. The number of nitrogens with two attached hydrogens (primary N) is 1. The van der Waals surface area contributed by atoms with Gasteiger partial charge in [-0.3, -0.25) is 9.69 Å². The van der Waals surface area contributed by atoms with Crippen molar-refractivity contribution in [3.8, 4) is 6.07 Å². The van der Waals surface area contributed by atoms with Gasteiger partial charge in [0.1, 0.15) is 11.4 Å². The molecule has 0 saturated carbocycles. The van der Waals surface area contributed by atoms with Gasteiger partial charge in [-0.25, -0.2) is 17.7 Å². The zero-order valence-corrected chi connectivity index (χ0v) is 25.4. The van der Waals surface area contributed by atoms with Crippen molar-refractivity contribution in [2.75, 3.05) is 32.5 Å². The molecule has 10 nitrogen and oxygen atoms in total. The SMILES string of the molecule is CC(C)c1ccc(CN2CCC(CC#N)(Nc3cc[nH]c(=O)c3C(N)=Nc3ccc(S(=O)(=O)N(C)C)cc3)CC2)cc1. The molecular weight excluding hydrogens is 550 g/mol. The maximum atomic E-state index is 12.9. The van der Waals surface area contributed by atoms with E-state index >= 15 is 0 Å². The van der Waals surface area contributed by atoms with Gasteiger partial charge in [0.15, 0.2) is 0 Å². The van der Waals surface area contributed by atoms with E-state index in [4.69, 9.17) is 5.73 Å². The van der Waals surface area contributed by atoms with E-state index in [1.807, 2.05) is 0 Å². The summed E-state index contributed by atoms with van der Waals surface area (Å²) in [6.45, 7) is 6.80. The van der Waals surface area contributed by atoms with E-state index in [9.17, 15) is 18.5 Å². The number of rotatable bonds is 10. The van der Waals surface area contributed by atoms with E-state index in [0.717, 1.165) is 36.8 Å². The van der Waals surface area contributed by atoms with E-state index in [0.29, 0.717) is 17.3 Å². The number of likely N-dealkylation sites (tertiary alicyclic amines) is 1. The molecule has 4 rings (SSSR count). The second-order valence-corrected chi connectivity index (χ2v) is 13.4. The number of aromatic nitrogens is 1. The molecule has 0 atom stereocenters. The Morgan fingerprint density at radius 3 is 2.33 bits per heavy atom. The lowest BCUT2D eigenvalue weighted by molar-refractivity contribution is 0.168. The summed E-state index contributed by atoms with van der Waals surface area (Å²) in [5, 5.41) is 13.2. The first kappa shape index (κ1) is 31.0. The van der Waals surface area contributed by atoms with Crippen LogP contribution in [0.25, 0.3) is 0 Å². The molecule has 0 radical (unpaired) electrons. The molecule has 222 valence electrons. The molecule has 42 heavy (non-hydrogen) atoms. The Hall–Kier alpha value is -3.98. The Balaban J connectivity index is 1.52. The number of benzene rings is 2. The van der Waals surface area contributed by atoms with Crippen LogP contribution in [0.4, 0.5) is 11.4 Å². The fourth-order valence-corrected chi connectivity index (χ4v) is 6.03. The van der Waals surface area contributed by atoms with Crippen LogP contribution in [0.15, 0.2) is 75.5 Å². The van der Waals surface area contributed by atoms with Crippen molar-refractivity contribution < 1.29 is 8.42 Å². The monoisotopic (exact) mass is 589 g/mol. The second kappa shape index (κ2) is 12.9. The predicted molar refractivity (Wildman–Crippen MR) is 166 cm³/mol. The van der Waals surface area contributed by atoms with Crippen molar-refractivity contribution in [1.82, 2.24) is 14.2 Å². The van der Waals surface area contributed by atoms with Gasteiger partial charge < -0.3 is 16.0 Å². The summed E-state index contributed by atoms with van der Waals surface area (Å²) in [5.74, 6) is 0.477. The number of hydrogen-bond acceptors (Lipinski definition) is 7. The lowest BCUT2D eigenvalue weighted by Crippen LogP contribution is -2.49. The molecule has 2 aromatic carbocycles. The molecule has 1 aliphatic rings. The number of pyridine rings is 1. The van der Waals surface area contributed by atoms with Gasteiger partial charge in [-0.2, -0.15) is 5.26 Å². The number of aliphatic imine (C=N–C) groups is 1. The minimum absolute atomic E-state index is 0.0167. The minimum atomic E-state index is -3.58. The zero-order chi connectivity index (χ0) is 30.5. The first-order chi connectivity index (χ1) is 19.9. The van der Waals surface area contributed by atoms with Gasteiger partial charge >= 0.3 is 0 Å². The zero-order valence-electron chi connectivity index (χ0n) is 24.6. The number of nitriles is 1. The normalized spacial score (nSPS) is 16.0. The highest BCUT2D eigenvalue weighted by Gasteiger charge is 2.35. The third-order valence-electron chi connectivity index (χ3n) is 7.76. The van der Waals surface area contributed by atoms with Crippen LogP contribution in [-0.4, -0.2) is 61.2 Å². The van der Waals surface area contributed by atoms with Crippen molar-refractivity contribution >= 4 is 27.2 Å². The number of aromatic amines is 1. The van der Waals surface area contributed by atoms with Crippen molar-refractivity contribution in [1.29, 1.82) is 5.26 Å². The molecule has 1 aliphatic heterocycles. The number of piperidine rings is 1. The van der Waals surface area contributed by atoms with Gasteiger partial charge in [0, 0.05) is 39.9 Å². The minimum Gasteiger partial charge on any atom is -0.383 e. The van der Waals surface area contributed by atoms with Crippen molar-refractivity contribution in [3.05, 3.63) is 87.8 Å². The Kier molecular flexibility index (Phi) is 9.51. The van der Waals surface area contributed by atoms with Gasteiger partial charge in [-0.15, -0.1) is 0 Å². The van der Waals surface area contributed by atoms with E-state index < -0.39 is 21.1 Å². The number of nitrogens with zero attached hydrogens (tertiary/aromatic N) is 4. The number of anilines is 1. The number of nitrogens with one attached hydrogen (secondary N) is 2. The van der Waals surface area contributed by atoms with Crippen LogP contribution >= 0.6 is 0 Å². The highest BCUT2D eigenvalue weighted by Crippen LogP contribution is 2.32. The summed E-state index contributed by atoms with van der Waals surface area (Å²) in [6.07, 6.45) is 3.25. The number of H-pyrrole nitrogens is 1. The average Bonchev–Trinajstić information content (AvgIpc) is 2.95. The van der Waals surface area contributed by atoms with Crippen LogP contribution in [0.3, 0.4) is 0 Å². The van der Waals surface area contributed by atoms with E-state index in [1.165, 1.54) is 49.5 Å². The smallest absolute Gasteiger partial charge is 0.261 e. The number of amidine groups is 1. The van der Waals surface area contributed by atoms with Crippen LogP contribution < -0.4 is 16.6 Å². The highest BCUT2D eigenvalue weighted by molar-refractivity contribution is 7.89. The molecule has 1 saturated heterocycles. The fraction of sp³-hybridized carbons (Fsp3) is 0.387. The van der Waals surface area contributed by atoms with Gasteiger partial charge in [-0.05, 0) is 60.2 Å². The second-order valence-electron chi connectivity index (χ2n) is 11.3. The predicted octanol–water partition coefficient (Wildman–Crippen LogP) is 4.15.